The summed E-state index contributed by atoms with van der Waals surface area (Å²) in [6, 6.07) is 0. The number of aliphatic hydroxyl groups is 1. The number of aliphatic hydroxyl groups excluding tert-OH is 1. The van der Waals surface area contributed by atoms with E-state index in [1.165, 1.54) is 44.9 Å². The van der Waals surface area contributed by atoms with Crippen molar-refractivity contribution in [3.05, 3.63) is 23.3 Å². The zero-order chi connectivity index (χ0) is 20.6. The second kappa shape index (κ2) is 6.98. The van der Waals surface area contributed by atoms with Crippen LogP contribution in [0.2, 0.25) is 0 Å². The number of hydrogen-bond acceptors (Lipinski definition) is 1. The molecule has 0 amide bonds. The molecule has 3 saturated carbocycles. The summed E-state index contributed by atoms with van der Waals surface area (Å²) in [4.78, 5) is 0. The Labute approximate surface area is 179 Å². The molecule has 0 saturated heterocycles. The highest BCUT2D eigenvalue weighted by molar-refractivity contribution is 5.42. The Morgan fingerprint density at radius 2 is 1.79 bits per heavy atom. The fraction of sp³-hybridized carbons (Fsp3) is 0.857. The van der Waals surface area contributed by atoms with Gasteiger partial charge < -0.3 is 5.11 Å². The molecule has 1 spiro atoms. The first-order chi connectivity index (χ1) is 13.8. The molecule has 0 aromatic carbocycles. The van der Waals surface area contributed by atoms with Crippen molar-refractivity contribution in [2.24, 2.45) is 52.3 Å². The van der Waals surface area contributed by atoms with Crippen LogP contribution in [0.4, 0.5) is 0 Å². The zero-order valence-corrected chi connectivity index (χ0v) is 19.6. The second-order valence-electron chi connectivity index (χ2n) is 12.4. The number of rotatable bonds is 4. The Bertz CT molecular complexity index is 716. The van der Waals surface area contributed by atoms with Crippen LogP contribution in [0.5, 0.6) is 0 Å². The first kappa shape index (κ1) is 20.3. The monoisotopic (exact) mass is 396 g/mol. The minimum absolute atomic E-state index is 0.0513. The largest absolute Gasteiger partial charge is 0.393 e. The fourth-order valence-electron chi connectivity index (χ4n) is 9.11. The van der Waals surface area contributed by atoms with Gasteiger partial charge in [0.25, 0.3) is 0 Å². The highest BCUT2D eigenvalue weighted by Gasteiger charge is 2.75. The first-order valence-corrected chi connectivity index (χ1v) is 12.9. The Kier molecular flexibility index (Phi) is 4.89. The van der Waals surface area contributed by atoms with E-state index in [0.717, 1.165) is 42.4 Å². The Balaban J connectivity index is 1.36. The van der Waals surface area contributed by atoms with Crippen molar-refractivity contribution in [2.75, 3.05) is 0 Å². The van der Waals surface area contributed by atoms with Crippen molar-refractivity contribution < 1.29 is 5.11 Å². The molecule has 5 aliphatic carbocycles. The number of allylic oxidation sites excluding steroid dienone is 3. The number of fused-ring (bicyclic) bond motifs is 6. The highest BCUT2D eigenvalue weighted by atomic mass is 16.3. The molecule has 5 aliphatic rings. The molecule has 0 bridgehead atoms. The van der Waals surface area contributed by atoms with Crippen LogP contribution in [-0.2, 0) is 0 Å². The molecule has 0 aliphatic heterocycles. The maximum Gasteiger partial charge on any atom is 0.0580 e. The van der Waals surface area contributed by atoms with Crippen LogP contribution in [0.3, 0.4) is 0 Å². The van der Waals surface area contributed by atoms with Crippen molar-refractivity contribution in [1.29, 1.82) is 0 Å². The summed E-state index contributed by atoms with van der Waals surface area (Å²) >= 11 is 0. The van der Waals surface area contributed by atoms with Gasteiger partial charge in [-0.15, -0.1) is 0 Å². The third kappa shape index (κ3) is 2.89. The molecule has 3 fully saturated rings. The summed E-state index contributed by atoms with van der Waals surface area (Å²) in [5, 5.41) is 10.3. The third-order valence-corrected chi connectivity index (χ3v) is 10.9. The molecular weight excluding hydrogens is 352 g/mol. The van der Waals surface area contributed by atoms with Crippen LogP contribution in [0.1, 0.15) is 92.4 Å². The molecule has 0 heterocycles. The van der Waals surface area contributed by atoms with Gasteiger partial charge in [-0.1, -0.05) is 64.3 Å². The Morgan fingerprint density at radius 3 is 2.55 bits per heavy atom. The van der Waals surface area contributed by atoms with Crippen LogP contribution in [0.25, 0.3) is 0 Å². The molecule has 1 nitrogen and oxygen atoms in total. The lowest BCUT2D eigenvalue weighted by Crippen LogP contribution is -2.41. The third-order valence-electron chi connectivity index (χ3n) is 10.9. The molecule has 1 unspecified atom stereocenters. The molecule has 0 aromatic heterocycles. The summed E-state index contributed by atoms with van der Waals surface area (Å²) in [6.45, 7) is 12.3. The van der Waals surface area contributed by atoms with Gasteiger partial charge in [0.15, 0.2) is 0 Å². The molecule has 5 rings (SSSR count). The normalized spacial score (nSPS) is 48.2. The lowest BCUT2D eigenvalue weighted by Gasteiger charge is -2.49. The van der Waals surface area contributed by atoms with E-state index in [1.54, 1.807) is 11.1 Å². The standard InChI is InChI=1S/C28H44O/c1-17(2)18(3)7-8-19(4)23-11-12-25-27(23,5)13-6-14-28(25)24-15-20-9-10-21(29)16-22(20)26(24)28/h7-8,17-19,21,23-26,29H,6,9-16H2,1-5H3/b8-7+/t18-,19+,21-,23+,24-,25+,26?,27+,28+/m0/s1. The minimum atomic E-state index is -0.0513. The summed E-state index contributed by atoms with van der Waals surface area (Å²) in [7, 11) is 0. The van der Waals surface area contributed by atoms with Crippen molar-refractivity contribution >= 4 is 0 Å². The molecule has 1 heteroatoms. The fourth-order valence-corrected chi connectivity index (χ4v) is 9.11. The molecule has 1 N–H and O–H groups in total. The van der Waals surface area contributed by atoms with E-state index in [0.29, 0.717) is 22.7 Å². The van der Waals surface area contributed by atoms with Crippen molar-refractivity contribution in [2.45, 2.75) is 98.5 Å². The van der Waals surface area contributed by atoms with Gasteiger partial charge in [0.2, 0.25) is 0 Å². The van der Waals surface area contributed by atoms with E-state index in [4.69, 9.17) is 0 Å². The smallest absolute Gasteiger partial charge is 0.0580 e. The van der Waals surface area contributed by atoms with E-state index < -0.39 is 0 Å². The van der Waals surface area contributed by atoms with E-state index in [1.807, 2.05) is 0 Å². The van der Waals surface area contributed by atoms with Gasteiger partial charge in [-0.25, -0.2) is 0 Å². The van der Waals surface area contributed by atoms with Crippen LogP contribution < -0.4 is 0 Å². The van der Waals surface area contributed by atoms with E-state index in [2.05, 4.69) is 46.8 Å². The highest BCUT2D eigenvalue weighted by Crippen LogP contribution is 2.82. The van der Waals surface area contributed by atoms with Crippen molar-refractivity contribution in [1.82, 2.24) is 0 Å². The van der Waals surface area contributed by atoms with Gasteiger partial charge in [-0.2, -0.15) is 0 Å². The Morgan fingerprint density at radius 1 is 1.00 bits per heavy atom. The molecule has 29 heavy (non-hydrogen) atoms. The van der Waals surface area contributed by atoms with Crippen LogP contribution >= 0.6 is 0 Å². The van der Waals surface area contributed by atoms with Crippen molar-refractivity contribution in [3.8, 4) is 0 Å². The van der Waals surface area contributed by atoms with E-state index >= 15 is 0 Å². The summed E-state index contributed by atoms with van der Waals surface area (Å²) in [6.07, 6.45) is 17.0. The van der Waals surface area contributed by atoms with Crippen LogP contribution in [-0.4, -0.2) is 11.2 Å². The summed E-state index contributed by atoms with van der Waals surface area (Å²) in [5.74, 6) is 5.76. The SMILES string of the molecule is CC(C)[C@@H](C)/C=C/[C@@H](C)[C@H]1CC[C@@H]2[C@]1(C)CCC[C@]21C2C3=C(CC[C@H](O)C3)C[C@@H]21. The lowest BCUT2D eigenvalue weighted by molar-refractivity contribution is 0.0117. The summed E-state index contributed by atoms with van der Waals surface area (Å²) in [5.41, 5.74) is 4.70. The average molecular weight is 397 g/mol. The molecule has 9 atom stereocenters. The zero-order valence-electron chi connectivity index (χ0n) is 19.6. The van der Waals surface area contributed by atoms with Crippen LogP contribution in [0.15, 0.2) is 23.3 Å². The molecule has 0 radical (unpaired) electrons. The van der Waals surface area contributed by atoms with Gasteiger partial charge in [0.05, 0.1) is 6.10 Å². The lowest BCUT2D eigenvalue weighted by atomic mass is 9.56. The molecular formula is C28H44O. The van der Waals surface area contributed by atoms with Crippen molar-refractivity contribution in [3.63, 3.8) is 0 Å². The quantitative estimate of drug-likeness (QED) is 0.500. The van der Waals surface area contributed by atoms with Gasteiger partial charge >= 0.3 is 0 Å². The minimum Gasteiger partial charge on any atom is -0.393 e. The van der Waals surface area contributed by atoms with E-state index in [9.17, 15) is 5.11 Å². The topological polar surface area (TPSA) is 20.2 Å². The molecule has 0 aromatic rings. The summed E-state index contributed by atoms with van der Waals surface area (Å²) < 4.78 is 0. The van der Waals surface area contributed by atoms with Gasteiger partial charge in [-0.05, 0) is 104 Å². The second-order valence-corrected chi connectivity index (χ2v) is 12.4. The van der Waals surface area contributed by atoms with Gasteiger partial charge in [-0.3, -0.25) is 0 Å². The number of hydrogen-bond donors (Lipinski definition) is 1. The predicted molar refractivity (Wildman–Crippen MR) is 121 cm³/mol. The Hall–Kier alpha value is -0.560. The first-order valence-electron chi connectivity index (χ1n) is 12.9. The van der Waals surface area contributed by atoms with Gasteiger partial charge in [0, 0.05) is 0 Å². The maximum atomic E-state index is 10.3. The average Bonchev–Trinajstić information content (AvgIpc) is 2.97. The van der Waals surface area contributed by atoms with Gasteiger partial charge in [0.1, 0.15) is 0 Å². The van der Waals surface area contributed by atoms with Crippen LogP contribution in [0, 0.1) is 52.3 Å². The maximum absolute atomic E-state index is 10.3. The molecule has 162 valence electrons. The van der Waals surface area contributed by atoms with E-state index in [-0.39, 0.29) is 6.10 Å². The predicted octanol–water partition coefficient (Wildman–Crippen LogP) is 7.16.